The lowest BCUT2D eigenvalue weighted by molar-refractivity contribution is 0.636. The summed E-state index contributed by atoms with van der Waals surface area (Å²) < 4.78 is 19.5. The second-order valence-corrected chi connectivity index (χ2v) is 7.42. The number of hydrogen-bond acceptors (Lipinski definition) is 5. The van der Waals surface area contributed by atoms with E-state index in [0.29, 0.717) is 5.82 Å². The monoisotopic (exact) mass is 324 g/mol. The maximum absolute atomic E-state index is 12.0. The second-order valence-electron chi connectivity index (χ2n) is 5.00. The Balaban J connectivity index is 2.11. The fraction of sp³-hybridized carbons (Fsp3) is 0.500. The van der Waals surface area contributed by atoms with Gasteiger partial charge in [0.1, 0.15) is 5.01 Å². The van der Waals surface area contributed by atoms with E-state index in [1.54, 1.807) is 6.20 Å². The summed E-state index contributed by atoms with van der Waals surface area (Å²) in [5.74, 6) is 0.698. The molecule has 0 spiro atoms. The van der Waals surface area contributed by atoms with E-state index >= 15 is 0 Å². The summed E-state index contributed by atoms with van der Waals surface area (Å²) in [5.41, 5.74) is 1.90. The molecule has 2 aromatic rings. The van der Waals surface area contributed by atoms with Gasteiger partial charge in [0, 0.05) is 22.7 Å². The number of aromatic nitrogens is 3. The van der Waals surface area contributed by atoms with Crippen molar-refractivity contribution in [2.45, 2.75) is 45.4 Å². The van der Waals surface area contributed by atoms with Crippen LogP contribution >= 0.6 is 11.5 Å². The molecule has 1 unspecified atom stereocenters. The fourth-order valence-electron chi connectivity index (χ4n) is 1.71. The van der Waals surface area contributed by atoms with E-state index in [1.165, 1.54) is 11.5 Å². The lowest BCUT2D eigenvalue weighted by Crippen LogP contribution is -2.28. The van der Waals surface area contributed by atoms with Gasteiger partial charge in [0.15, 0.2) is 5.82 Å². The Morgan fingerprint density at radius 2 is 2.19 bits per heavy atom. The standard InChI is InChI=1S/C14H20N4OS2/c1-5-10(3)21(19)18-11(4)14-16-13(17-20-14)12-6-7-15-9(2)8-12/h6-8,10-11,18H,5H2,1-4H3/t10-,11+,21?/m1/s1. The maximum atomic E-state index is 12.0. The Hall–Kier alpha value is -1.18. The van der Waals surface area contributed by atoms with E-state index in [0.717, 1.165) is 22.7 Å². The molecule has 3 atom stereocenters. The van der Waals surface area contributed by atoms with Crippen LogP contribution in [0.5, 0.6) is 0 Å². The molecule has 0 saturated carbocycles. The van der Waals surface area contributed by atoms with Crippen molar-refractivity contribution in [2.75, 3.05) is 0 Å². The Morgan fingerprint density at radius 3 is 2.86 bits per heavy atom. The van der Waals surface area contributed by atoms with Crippen molar-refractivity contribution in [1.29, 1.82) is 0 Å². The minimum Gasteiger partial charge on any atom is -0.262 e. The van der Waals surface area contributed by atoms with E-state index in [9.17, 15) is 4.21 Å². The quantitative estimate of drug-likeness (QED) is 0.887. The summed E-state index contributed by atoms with van der Waals surface area (Å²) in [5, 5.41) is 0.971. The van der Waals surface area contributed by atoms with Crippen molar-refractivity contribution in [3.8, 4) is 11.4 Å². The minimum atomic E-state index is -1.06. The molecule has 7 heteroatoms. The van der Waals surface area contributed by atoms with Crippen molar-refractivity contribution in [2.24, 2.45) is 0 Å². The zero-order chi connectivity index (χ0) is 15.4. The summed E-state index contributed by atoms with van der Waals surface area (Å²) in [6.45, 7) is 7.91. The highest BCUT2D eigenvalue weighted by molar-refractivity contribution is 7.83. The molecule has 2 aromatic heterocycles. The average molecular weight is 324 g/mol. The lowest BCUT2D eigenvalue weighted by Gasteiger charge is -2.13. The van der Waals surface area contributed by atoms with Crippen LogP contribution in [0.2, 0.25) is 0 Å². The maximum Gasteiger partial charge on any atom is 0.173 e. The third-order valence-electron chi connectivity index (χ3n) is 3.20. The van der Waals surface area contributed by atoms with Crippen molar-refractivity contribution in [3.63, 3.8) is 0 Å². The smallest absolute Gasteiger partial charge is 0.173 e. The second kappa shape index (κ2) is 7.20. The van der Waals surface area contributed by atoms with Crippen LogP contribution in [0, 0.1) is 6.92 Å². The van der Waals surface area contributed by atoms with Gasteiger partial charge in [-0.05, 0) is 50.9 Å². The first kappa shape index (κ1) is 16.2. The number of nitrogens with one attached hydrogen (secondary N) is 1. The Bertz CT molecular complexity index is 629. The molecule has 0 aliphatic rings. The highest BCUT2D eigenvalue weighted by atomic mass is 32.2. The minimum absolute atomic E-state index is 0.0750. The summed E-state index contributed by atoms with van der Waals surface area (Å²) >= 11 is 1.34. The molecule has 114 valence electrons. The van der Waals surface area contributed by atoms with Crippen LogP contribution in [-0.4, -0.2) is 23.8 Å². The molecule has 0 aliphatic heterocycles. The Morgan fingerprint density at radius 1 is 1.43 bits per heavy atom. The molecule has 1 N–H and O–H groups in total. The van der Waals surface area contributed by atoms with Crippen molar-refractivity contribution in [3.05, 3.63) is 29.0 Å². The van der Waals surface area contributed by atoms with E-state index in [4.69, 9.17) is 0 Å². The van der Waals surface area contributed by atoms with Crippen LogP contribution in [0.4, 0.5) is 0 Å². The fourth-order valence-corrected chi connectivity index (χ4v) is 3.45. The molecule has 0 radical (unpaired) electrons. The third-order valence-corrected chi connectivity index (χ3v) is 5.75. The molecule has 0 aromatic carbocycles. The largest absolute Gasteiger partial charge is 0.262 e. The normalized spacial score (nSPS) is 15.6. The van der Waals surface area contributed by atoms with Crippen LogP contribution in [0.1, 0.15) is 43.9 Å². The topological polar surface area (TPSA) is 67.8 Å². The van der Waals surface area contributed by atoms with E-state index < -0.39 is 11.0 Å². The predicted octanol–water partition coefficient (Wildman–Crippen LogP) is 3.02. The average Bonchev–Trinajstić information content (AvgIpc) is 2.96. The number of nitrogens with zero attached hydrogens (tertiary/aromatic N) is 3. The highest BCUT2D eigenvalue weighted by Gasteiger charge is 2.17. The van der Waals surface area contributed by atoms with Crippen molar-refractivity contribution >= 4 is 22.5 Å². The SMILES string of the molecule is CC[C@@H](C)S(=O)N[C@@H](C)c1nc(-c2ccnc(C)c2)ns1. The first-order valence-corrected chi connectivity index (χ1v) is 8.93. The number of rotatable bonds is 6. The van der Waals surface area contributed by atoms with Crippen LogP contribution < -0.4 is 4.72 Å². The summed E-state index contributed by atoms with van der Waals surface area (Å²) in [6, 6.07) is 3.78. The molecular formula is C14H20N4OS2. The summed E-state index contributed by atoms with van der Waals surface area (Å²) in [6.07, 6.45) is 2.63. The van der Waals surface area contributed by atoms with Crippen LogP contribution in [-0.2, 0) is 11.0 Å². The van der Waals surface area contributed by atoms with E-state index in [2.05, 4.69) is 19.1 Å². The molecule has 21 heavy (non-hydrogen) atoms. The van der Waals surface area contributed by atoms with Gasteiger partial charge in [0.2, 0.25) is 0 Å². The van der Waals surface area contributed by atoms with Crippen LogP contribution in [0.3, 0.4) is 0 Å². The molecule has 0 bridgehead atoms. The van der Waals surface area contributed by atoms with Gasteiger partial charge in [0.25, 0.3) is 0 Å². The van der Waals surface area contributed by atoms with E-state index in [-0.39, 0.29) is 11.3 Å². The number of aryl methyl sites for hydroxylation is 1. The predicted molar refractivity (Wildman–Crippen MR) is 87.3 cm³/mol. The van der Waals surface area contributed by atoms with E-state index in [1.807, 2.05) is 39.8 Å². The van der Waals surface area contributed by atoms with Gasteiger partial charge in [-0.15, -0.1) is 0 Å². The molecule has 0 fully saturated rings. The highest BCUT2D eigenvalue weighted by Crippen LogP contribution is 2.22. The Labute approximate surface area is 132 Å². The molecular weight excluding hydrogens is 304 g/mol. The first-order valence-electron chi connectivity index (χ1n) is 6.94. The Kier molecular flexibility index (Phi) is 5.55. The van der Waals surface area contributed by atoms with Gasteiger partial charge >= 0.3 is 0 Å². The molecule has 0 amide bonds. The van der Waals surface area contributed by atoms with Gasteiger partial charge < -0.3 is 0 Å². The molecule has 0 saturated heterocycles. The molecule has 2 rings (SSSR count). The zero-order valence-corrected chi connectivity index (χ0v) is 14.3. The third kappa shape index (κ3) is 4.15. The van der Waals surface area contributed by atoms with Gasteiger partial charge in [-0.2, -0.15) is 4.37 Å². The van der Waals surface area contributed by atoms with Gasteiger partial charge in [-0.25, -0.2) is 13.9 Å². The van der Waals surface area contributed by atoms with Gasteiger partial charge in [-0.1, -0.05) is 6.92 Å². The van der Waals surface area contributed by atoms with Crippen molar-refractivity contribution in [1.82, 2.24) is 19.1 Å². The van der Waals surface area contributed by atoms with Crippen molar-refractivity contribution < 1.29 is 4.21 Å². The summed E-state index contributed by atoms with van der Waals surface area (Å²) in [4.78, 5) is 8.71. The van der Waals surface area contributed by atoms with Gasteiger partial charge in [-0.3, -0.25) is 4.98 Å². The van der Waals surface area contributed by atoms with Crippen LogP contribution in [0.15, 0.2) is 18.3 Å². The molecule has 2 heterocycles. The summed E-state index contributed by atoms with van der Waals surface area (Å²) in [7, 11) is -1.06. The van der Waals surface area contributed by atoms with Crippen LogP contribution in [0.25, 0.3) is 11.4 Å². The molecule has 0 aliphatic carbocycles. The number of hydrogen-bond donors (Lipinski definition) is 1. The number of pyridine rings is 1. The first-order chi connectivity index (χ1) is 10.0. The zero-order valence-electron chi connectivity index (χ0n) is 12.7. The van der Waals surface area contributed by atoms with Gasteiger partial charge in [0.05, 0.1) is 17.0 Å². The molecule has 5 nitrogen and oxygen atoms in total. The lowest BCUT2D eigenvalue weighted by atomic mass is 10.2.